The van der Waals surface area contributed by atoms with Crippen molar-refractivity contribution in [3.8, 4) is 5.75 Å². The van der Waals surface area contributed by atoms with Gasteiger partial charge in [-0.3, -0.25) is 0 Å². The second kappa shape index (κ2) is 5.39. The first kappa shape index (κ1) is 14.5. The van der Waals surface area contributed by atoms with Gasteiger partial charge in [0.2, 0.25) is 0 Å². The summed E-state index contributed by atoms with van der Waals surface area (Å²) in [5.74, 6) is 0.286. The zero-order valence-electron chi connectivity index (χ0n) is 11.6. The van der Waals surface area contributed by atoms with E-state index < -0.39 is 5.82 Å². The molecule has 5 heteroatoms. The van der Waals surface area contributed by atoms with E-state index in [4.69, 9.17) is 27.9 Å². The molecule has 0 bridgehead atoms. The number of halogens is 3. The molecule has 1 atom stereocenters. The van der Waals surface area contributed by atoms with Crippen LogP contribution >= 0.6 is 23.2 Å². The molecule has 0 radical (unpaired) electrons. The minimum Gasteiger partial charge on any atom is -0.481 e. The van der Waals surface area contributed by atoms with Gasteiger partial charge in [0.05, 0.1) is 17.3 Å². The van der Waals surface area contributed by atoms with Gasteiger partial charge < -0.3 is 10.1 Å². The molecule has 0 aromatic heterocycles. The Balaban J connectivity index is 1.98. The topological polar surface area (TPSA) is 21.3 Å². The standard InChI is InChI=1S/C16H14Cl2FNO/c1-8-3-9(2)16-14(4-8)20-7-15(21-16)10-5-13(19)12(18)6-11(10)17/h3-6,15,20H,7H2,1-2H3. The van der Waals surface area contributed by atoms with Crippen LogP contribution in [0.1, 0.15) is 22.8 Å². The Morgan fingerprint density at radius 3 is 2.67 bits per heavy atom. The molecule has 0 fully saturated rings. The zero-order valence-corrected chi connectivity index (χ0v) is 13.1. The lowest BCUT2D eigenvalue weighted by molar-refractivity contribution is 0.208. The van der Waals surface area contributed by atoms with E-state index in [2.05, 4.69) is 5.32 Å². The Morgan fingerprint density at radius 1 is 1.14 bits per heavy atom. The predicted molar refractivity (Wildman–Crippen MR) is 84.2 cm³/mol. The second-order valence-corrected chi connectivity index (χ2v) is 6.05. The van der Waals surface area contributed by atoms with Crippen molar-refractivity contribution in [1.29, 1.82) is 0 Å². The maximum atomic E-state index is 13.7. The lowest BCUT2D eigenvalue weighted by atomic mass is 10.0. The Labute approximate surface area is 132 Å². The van der Waals surface area contributed by atoms with Gasteiger partial charge in [-0.1, -0.05) is 29.3 Å². The van der Waals surface area contributed by atoms with Gasteiger partial charge in [-0.2, -0.15) is 0 Å². The largest absolute Gasteiger partial charge is 0.481 e. The quantitative estimate of drug-likeness (QED) is 0.719. The van der Waals surface area contributed by atoms with Crippen molar-refractivity contribution >= 4 is 28.9 Å². The third-order valence-corrected chi connectivity index (χ3v) is 4.16. The molecule has 1 heterocycles. The summed E-state index contributed by atoms with van der Waals surface area (Å²) in [5, 5.41) is 3.73. The summed E-state index contributed by atoms with van der Waals surface area (Å²) in [5.41, 5.74) is 3.75. The summed E-state index contributed by atoms with van der Waals surface area (Å²) >= 11 is 11.9. The molecule has 0 spiro atoms. The van der Waals surface area contributed by atoms with E-state index in [-0.39, 0.29) is 11.1 Å². The molecular weight excluding hydrogens is 312 g/mol. The van der Waals surface area contributed by atoms with Gasteiger partial charge >= 0.3 is 0 Å². The molecular formula is C16H14Cl2FNO. The van der Waals surface area contributed by atoms with Gasteiger partial charge in [-0.25, -0.2) is 4.39 Å². The molecule has 0 aliphatic carbocycles. The molecule has 0 amide bonds. The first-order chi connectivity index (χ1) is 9.95. The van der Waals surface area contributed by atoms with Crippen LogP contribution in [0, 0.1) is 19.7 Å². The molecule has 2 aromatic rings. The SMILES string of the molecule is Cc1cc(C)c2c(c1)NCC(c1cc(F)c(Cl)cc1Cl)O2. The maximum Gasteiger partial charge on any atom is 0.146 e. The number of hydrogen-bond acceptors (Lipinski definition) is 2. The van der Waals surface area contributed by atoms with Gasteiger partial charge in [0.25, 0.3) is 0 Å². The van der Waals surface area contributed by atoms with Gasteiger partial charge in [-0.05, 0) is 43.2 Å². The summed E-state index contributed by atoms with van der Waals surface area (Å²) in [6.07, 6.45) is -0.349. The van der Waals surface area contributed by atoms with Crippen molar-refractivity contribution in [2.45, 2.75) is 20.0 Å². The first-order valence-electron chi connectivity index (χ1n) is 6.62. The molecule has 110 valence electrons. The van der Waals surface area contributed by atoms with Crippen molar-refractivity contribution in [3.63, 3.8) is 0 Å². The minimum absolute atomic E-state index is 0.0136. The molecule has 3 rings (SSSR count). The van der Waals surface area contributed by atoms with Crippen molar-refractivity contribution in [1.82, 2.24) is 0 Å². The van der Waals surface area contributed by atoms with Gasteiger partial charge in [0.15, 0.2) is 0 Å². The van der Waals surface area contributed by atoms with Gasteiger partial charge in [0, 0.05) is 10.6 Å². The highest BCUT2D eigenvalue weighted by atomic mass is 35.5. The maximum absolute atomic E-state index is 13.7. The molecule has 0 saturated carbocycles. The number of ether oxygens (including phenoxy) is 1. The predicted octanol–water partition coefficient (Wildman–Crippen LogP) is 5.29. The first-order valence-corrected chi connectivity index (χ1v) is 7.37. The Hall–Kier alpha value is -1.45. The van der Waals surface area contributed by atoms with Crippen LogP contribution in [0.2, 0.25) is 10.0 Å². The highest BCUT2D eigenvalue weighted by molar-refractivity contribution is 6.35. The number of fused-ring (bicyclic) bond motifs is 1. The molecule has 2 aromatic carbocycles. The molecule has 2 nitrogen and oxygen atoms in total. The van der Waals surface area contributed by atoms with E-state index in [0.717, 1.165) is 22.6 Å². The van der Waals surface area contributed by atoms with Crippen molar-refractivity contribution in [2.24, 2.45) is 0 Å². The van der Waals surface area contributed by atoms with E-state index in [1.165, 1.54) is 12.1 Å². The van der Waals surface area contributed by atoms with E-state index in [0.29, 0.717) is 17.1 Å². The lowest BCUT2D eigenvalue weighted by Crippen LogP contribution is -2.24. The third-order valence-electron chi connectivity index (χ3n) is 3.54. The molecule has 1 unspecified atom stereocenters. The van der Waals surface area contributed by atoms with Crippen LogP contribution in [-0.4, -0.2) is 6.54 Å². The van der Waals surface area contributed by atoms with E-state index in [9.17, 15) is 4.39 Å². The smallest absolute Gasteiger partial charge is 0.146 e. The van der Waals surface area contributed by atoms with Crippen LogP contribution in [0.4, 0.5) is 10.1 Å². The Morgan fingerprint density at radius 2 is 1.90 bits per heavy atom. The minimum atomic E-state index is -0.494. The average molecular weight is 326 g/mol. The molecule has 1 aliphatic heterocycles. The number of aryl methyl sites for hydroxylation is 2. The van der Waals surface area contributed by atoms with Gasteiger partial charge in [-0.15, -0.1) is 0 Å². The molecule has 0 saturated heterocycles. The fourth-order valence-corrected chi connectivity index (χ4v) is 3.09. The Kier molecular flexibility index (Phi) is 3.72. The number of rotatable bonds is 1. The number of nitrogens with one attached hydrogen (secondary N) is 1. The van der Waals surface area contributed by atoms with E-state index >= 15 is 0 Å². The zero-order chi connectivity index (χ0) is 15.1. The van der Waals surface area contributed by atoms with Crippen molar-refractivity contribution in [2.75, 3.05) is 11.9 Å². The van der Waals surface area contributed by atoms with Gasteiger partial charge in [0.1, 0.15) is 17.7 Å². The Bertz CT molecular complexity index is 718. The van der Waals surface area contributed by atoms with Crippen LogP contribution < -0.4 is 10.1 Å². The summed E-state index contributed by atoms with van der Waals surface area (Å²) in [7, 11) is 0. The summed E-state index contributed by atoms with van der Waals surface area (Å²) in [6, 6.07) is 6.83. The summed E-state index contributed by atoms with van der Waals surface area (Å²) in [4.78, 5) is 0. The third kappa shape index (κ3) is 2.68. The molecule has 1 aliphatic rings. The normalized spacial score (nSPS) is 16.9. The highest BCUT2D eigenvalue weighted by Gasteiger charge is 2.25. The number of anilines is 1. The van der Waals surface area contributed by atoms with E-state index in [1.54, 1.807) is 0 Å². The summed E-state index contributed by atoms with van der Waals surface area (Å²) < 4.78 is 19.7. The lowest BCUT2D eigenvalue weighted by Gasteiger charge is -2.29. The van der Waals surface area contributed by atoms with Crippen molar-refractivity contribution < 1.29 is 9.13 Å². The molecule has 21 heavy (non-hydrogen) atoms. The van der Waals surface area contributed by atoms with Crippen LogP contribution in [0.15, 0.2) is 24.3 Å². The number of hydrogen-bond donors (Lipinski definition) is 1. The number of benzene rings is 2. The second-order valence-electron chi connectivity index (χ2n) is 5.23. The highest BCUT2D eigenvalue weighted by Crippen LogP contribution is 2.40. The fraction of sp³-hybridized carbons (Fsp3) is 0.250. The monoisotopic (exact) mass is 325 g/mol. The fourth-order valence-electron chi connectivity index (χ4n) is 2.59. The molecule has 1 N–H and O–H groups in total. The van der Waals surface area contributed by atoms with Crippen LogP contribution in [-0.2, 0) is 0 Å². The van der Waals surface area contributed by atoms with E-state index in [1.807, 2.05) is 26.0 Å². The van der Waals surface area contributed by atoms with Crippen LogP contribution in [0.25, 0.3) is 0 Å². The van der Waals surface area contributed by atoms with Crippen LogP contribution in [0.5, 0.6) is 5.75 Å². The van der Waals surface area contributed by atoms with Crippen molar-refractivity contribution in [3.05, 3.63) is 56.8 Å². The average Bonchev–Trinajstić information content (AvgIpc) is 2.42. The summed E-state index contributed by atoms with van der Waals surface area (Å²) in [6.45, 7) is 4.54. The van der Waals surface area contributed by atoms with Crippen LogP contribution in [0.3, 0.4) is 0 Å².